The van der Waals surface area contributed by atoms with E-state index in [0.717, 1.165) is 62.4 Å². The molecule has 1 aliphatic rings. The number of carbonyl (C=O) groups is 1. The molecule has 8 heteroatoms. The molecule has 0 atom stereocenters. The summed E-state index contributed by atoms with van der Waals surface area (Å²) >= 11 is 1.61. The molecule has 152 valence electrons. The summed E-state index contributed by atoms with van der Waals surface area (Å²) in [4.78, 5) is 26.4. The van der Waals surface area contributed by atoms with E-state index < -0.39 is 0 Å². The van der Waals surface area contributed by atoms with Gasteiger partial charge in [0.1, 0.15) is 0 Å². The SMILES string of the molecule is O=C(CCc1cccnc1)N1CCN(CCCc2nc(-c3cccs3)no2)CC1. The molecular formula is C21H25N5O2S. The van der Waals surface area contributed by atoms with Gasteiger partial charge in [0.25, 0.3) is 0 Å². The Bertz CT molecular complexity index is 889. The standard InChI is InChI=1S/C21H25N5O2S/c27-20(8-7-17-4-1-9-22-16-17)26-13-11-25(12-14-26)10-2-6-19-23-21(24-28-19)18-5-3-15-29-18/h1,3-5,9,15-16H,2,6-8,10-14H2. The van der Waals surface area contributed by atoms with Gasteiger partial charge in [0.15, 0.2) is 0 Å². The first kappa shape index (κ1) is 19.7. The highest BCUT2D eigenvalue weighted by Crippen LogP contribution is 2.21. The molecule has 0 radical (unpaired) electrons. The van der Waals surface area contributed by atoms with E-state index in [2.05, 4.69) is 20.0 Å². The monoisotopic (exact) mass is 411 g/mol. The van der Waals surface area contributed by atoms with Gasteiger partial charge in [0.2, 0.25) is 17.6 Å². The van der Waals surface area contributed by atoms with Crippen LogP contribution in [0.25, 0.3) is 10.7 Å². The van der Waals surface area contributed by atoms with Crippen molar-refractivity contribution in [1.82, 2.24) is 24.9 Å². The number of nitrogens with zero attached hydrogens (tertiary/aromatic N) is 5. The lowest BCUT2D eigenvalue weighted by Gasteiger charge is -2.34. The van der Waals surface area contributed by atoms with E-state index in [4.69, 9.17) is 4.52 Å². The third-order valence-corrected chi connectivity index (χ3v) is 6.02. The van der Waals surface area contributed by atoms with Crippen LogP contribution in [0.15, 0.2) is 46.6 Å². The van der Waals surface area contributed by atoms with Crippen LogP contribution in [0.1, 0.15) is 24.3 Å². The topological polar surface area (TPSA) is 75.4 Å². The first-order valence-corrected chi connectivity index (χ1v) is 10.9. The summed E-state index contributed by atoms with van der Waals surface area (Å²) in [7, 11) is 0. The molecule has 0 unspecified atom stereocenters. The second-order valence-corrected chi connectivity index (χ2v) is 8.12. The first-order chi connectivity index (χ1) is 14.3. The number of hydrogen-bond donors (Lipinski definition) is 0. The number of hydrogen-bond acceptors (Lipinski definition) is 7. The quantitative estimate of drug-likeness (QED) is 0.567. The lowest BCUT2D eigenvalue weighted by molar-refractivity contribution is -0.132. The number of amides is 1. The summed E-state index contributed by atoms with van der Waals surface area (Å²) in [6.07, 6.45) is 6.65. The van der Waals surface area contributed by atoms with Crippen molar-refractivity contribution < 1.29 is 9.32 Å². The summed E-state index contributed by atoms with van der Waals surface area (Å²) in [5, 5.41) is 6.06. The minimum absolute atomic E-state index is 0.237. The fourth-order valence-electron chi connectivity index (χ4n) is 3.49. The van der Waals surface area contributed by atoms with Crippen LogP contribution in [0.4, 0.5) is 0 Å². The normalized spacial score (nSPS) is 15.0. The number of pyridine rings is 1. The number of piperazine rings is 1. The number of thiophene rings is 1. The van der Waals surface area contributed by atoms with Crippen molar-refractivity contribution in [2.75, 3.05) is 32.7 Å². The first-order valence-electron chi connectivity index (χ1n) is 10.0. The fraction of sp³-hybridized carbons (Fsp3) is 0.429. The molecule has 0 aliphatic carbocycles. The zero-order chi connectivity index (χ0) is 19.9. The molecule has 1 saturated heterocycles. The van der Waals surface area contributed by atoms with Crippen molar-refractivity contribution in [1.29, 1.82) is 0 Å². The fourth-order valence-corrected chi connectivity index (χ4v) is 4.14. The maximum atomic E-state index is 12.4. The van der Waals surface area contributed by atoms with Crippen molar-refractivity contribution in [3.05, 3.63) is 53.5 Å². The van der Waals surface area contributed by atoms with E-state index >= 15 is 0 Å². The molecule has 4 rings (SSSR count). The lowest BCUT2D eigenvalue weighted by atomic mass is 10.1. The zero-order valence-corrected chi connectivity index (χ0v) is 17.2. The van der Waals surface area contributed by atoms with Gasteiger partial charge in [-0.2, -0.15) is 4.98 Å². The van der Waals surface area contributed by atoms with E-state index in [1.807, 2.05) is 40.7 Å². The summed E-state index contributed by atoms with van der Waals surface area (Å²) in [6, 6.07) is 7.91. The van der Waals surface area contributed by atoms with Gasteiger partial charge in [-0.1, -0.05) is 17.3 Å². The Morgan fingerprint density at radius 3 is 2.79 bits per heavy atom. The highest BCUT2D eigenvalue weighted by atomic mass is 32.1. The molecule has 1 amide bonds. The molecular weight excluding hydrogens is 386 g/mol. The molecule has 0 aromatic carbocycles. The Morgan fingerprint density at radius 1 is 1.14 bits per heavy atom. The van der Waals surface area contributed by atoms with E-state index in [0.29, 0.717) is 18.1 Å². The summed E-state index contributed by atoms with van der Waals surface area (Å²) in [5.41, 5.74) is 1.11. The Labute approximate surface area is 174 Å². The molecule has 4 heterocycles. The van der Waals surface area contributed by atoms with Crippen molar-refractivity contribution >= 4 is 17.2 Å². The second kappa shape index (κ2) is 9.76. The van der Waals surface area contributed by atoms with E-state index in [1.54, 1.807) is 17.5 Å². The van der Waals surface area contributed by atoms with Crippen LogP contribution in [0, 0.1) is 0 Å². The number of carbonyl (C=O) groups excluding carboxylic acids is 1. The average molecular weight is 412 g/mol. The van der Waals surface area contributed by atoms with Crippen LogP contribution in [-0.4, -0.2) is 63.6 Å². The molecule has 0 N–H and O–H groups in total. The molecule has 1 aliphatic heterocycles. The highest BCUT2D eigenvalue weighted by molar-refractivity contribution is 7.13. The van der Waals surface area contributed by atoms with Crippen LogP contribution in [0.2, 0.25) is 0 Å². The van der Waals surface area contributed by atoms with Gasteiger partial charge < -0.3 is 9.42 Å². The minimum atomic E-state index is 0.237. The minimum Gasteiger partial charge on any atom is -0.340 e. The van der Waals surface area contributed by atoms with Crippen LogP contribution in [0.3, 0.4) is 0 Å². The van der Waals surface area contributed by atoms with Gasteiger partial charge in [0, 0.05) is 51.4 Å². The molecule has 0 saturated carbocycles. The lowest BCUT2D eigenvalue weighted by Crippen LogP contribution is -2.48. The molecule has 29 heavy (non-hydrogen) atoms. The largest absolute Gasteiger partial charge is 0.340 e. The highest BCUT2D eigenvalue weighted by Gasteiger charge is 2.20. The third kappa shape index (κ3) is 5.48. The molecule has 3 aromatic heterocycles. The maximum absolute atomic E-state index is 12.4. The molecule has 0 spiro atoms. The maximum Gasteiger partial charge on any atom is 0.227 e. The van der Waals surface area contributed by atoms with Crippen LogP contribution in [-0.2, 0) is 17.6 Å². The zero-order valence-electron chi connectivity index (χ0n) is 16.4. The molecule has 1 fully saturated rings. The van der Waals surface area contributed by atoms with Crippen LogP contribution in [0.5, 0.6) is 0 Å². The Hall–Kier alpha value is -2.58. The molecule has 0 bridgehead atoms. The van der Waals surface area contributed by atoms with E-state index in [-0.39, 0.29) is 5.91 Å². The Kier molecular flexibility index (Phi) is 6.63. The summed E-state index contributed by atoms with van der Waals surface area (Å²) < 4.78 is 5.36. The van der Waals surface area contributed by atoms with Crippen molar-refractivity contribution in [3.63, 3.8) is 0 Å². The van der Waals surface area contributed by atoms with Crippen LogP contribution >= 0.6 is 11.3 Å². The number of aryl methyl sites for hydroxylation is 2. The summed E-state index contributed by atoms with van der Waals surface area (Å²) in [6.45, 7) is 4.42. The second-order valence-electron chi connectivity index (χ2n) is 7.18. The summed E-state index contributed by atoms with van der Waals surface area (Å²) in [5.74, 6) is 1.60. The van der Waals surface area contributed by atoms with Crippen molar-refractivity contribution in [3.8, 4) is 10.7 Å². The van der Waals surface area contributed by atoms with E-state index in [9.17, 15) is 4.79 Å². The van der Waals surface area contributed by atoms with Crippen molar-refractivity contribution in [2.24, 2.45) is 0 Å². The van der Waals surface area contributed by atoms with Gasteiger partial charge >= 0.3 is 0 Å². The predicted octanol–water partition coefficient (Wildman–Crippen LogP) is 2.90. The van der Waals surface area contributed by atoms with Crippen LogP contribution < -0.4 is 0 Å². The third-order valence-electron chi connectivity index (χ3n) is 5.15. The Morgan fingerprint density at radius 2 is 2.03 bits per heavy atom. The molecule has 3 aromatic rings. The van der Waals surface area contributed by atoms with Gasteiger partial charge in [-0.25, -0.2) is 0 Å². The smallest absolute Gasteiger partial charge is 0.227 e. The number of rotatable bonds is 8. The van der Waals surface area contributed by atoms with Gasteiger partial charge in [-0.05, 0) is 42.5 Å². The van der Waals surface area contributed by atoms with E-state index in [1.165, 1.54) is 0 Å². The Balaban J connectivity index is 1.14. The van der Waals surface area contributed by atoms with Gasteiger partial charge in [-0.3, -0.25) is 14.7 Å². The molecule has 7 nitrogen and oxygen atoms in total. The predicted molar refractivity (Wildman–Crippen MR) is 112 cm³/mol. The van der Waals surface area contributed by atoms with Gasteiger partial charge in [-0.15, -0.1) is 11.3 Å². The van der Waals surface area contributed by atoms with Crippen molar-refractivity contribution in [2.45, 2.75) is 25.7 Å². The van der Waals surface area contributed by atoms with Gasteiger partial charge in [0.05, 0.1) is 4.88 Å². The average Bonchev–Trinajstić information content (AvgIpc) is 3.45. The number of aromatic nitrogens is 3.